The summed E-state index contributed by atoms with van der Waals surface area (Å²) >= 11 is 0. The molecule has 0 amide bonds. The molecule has 0 saturated carbocycles. The van der Waals surface area contributed by atoms with E-state index in [1.807, 2.05) is 6.07 Å². The topological polar surface area (TPSA) is 113 Å². The van der Waals surface area contributed by atoms with Crippen LogP contribution in [-0.2, 0) is 24.1 Å². The van der Waals surface area contributed by atoms with Crippen molar-refractivity contribution in [3.8, 4) is 23.2 Å². The zero-order valence-electron chi connectivity index (χ0n) is 17.1. The predicted molar refractivity (Wildman–Crippen MR) is 110 cm³/mol. The molecule has 1 saturated heterocycles. The summed E-state index contributed by atoms with van der Waals surface area (Å²) in [5.74, 6) is -0.537. The number of hydrogen-bond acceptors (Lipinski definition) is 8. The van der Waals surface area contributed by atoms with Gasteiger partial charge in [-0.3, -0.25) is 0 Å². The number of halogens is 3. The number of aromatic nitrogens is 3. The van der Waals surface area contributed by atoms with Crippen molar-refractivity contribution in [2.45, 2.75) is 25.4 Å². The fourth-order valence-corrected chi connectivity index (χ4v) is 3.03. The van der Waals surface area contributed by atoms with Gasteiger partial charge in [0, 0.05) is 18.3 Å². The van der Waals surface area contributed by atoms with E-state index in [0.717, 1.165) is 11.1 Å². The molecule has 0 aliphatic carbocycles. The van der Waals surface area contributed by atoms with Crippen LogP contribution in [-0.4, -0.2) is 39.4 Å². The van der Waals surface area contributed by atoms with Gasteiger partial charge in [0.1, 0.15) is 23.4 Å². The Balaban J connectivity index is 1.47. The molecule has 8 nitrogen and oxygen atoms in total. The lowest BCUT2D eigenvalue weighted by Gasteiger charge is -2.27. The van der Waals surface area contributed by atoms with Gasteiger partial charge in [0.2, 0.25) is 11.8 Å². The zero-order chi connectivity index (χ0) is 23.4. The Labute approximate surface area is 186 Å². The second kappa shape index (κ2) is 9.40. The third kappa shape index (κ3) is 5.36. The number of hydrogen-bond donors (Lipinski definition) is 2. The van der Waals surface area contributed by atoms with Crippen LogP contribution in [0.4, 0.5) is 19.1 Å². The van der Waals surface area contributed by atoms with E-state index < -0.39 is 23.7 Å². The molecule has 4 rings (SSSR count). The molecule has 2 N–H and O–H groups in total. The van der Waals surface area contributed by atoms with E-state index in [-0.39, 0.29) is 38.0 Å². The van der Waals surface area contributed by atoms with Crippen LogP contribution in [0.5, 0.6) is 5.88 Å². The second-order valence-electron chi connectivity index (χ2n) is 7.25. The molecule has 33 heavy (non-hydrogen) atoms. The Morgan fingerprint density at radius 2 is 1.91 bits per heavy atom. The number of benzene rings is 1. The first-order valence-corrected chi connectivity index (χ1v) is 9.89. The quantitative estimate of drug-likeness (QED) is 0.556. The lowest BCUT2D eigenvalue weighted by atomic mass is 10.1. The number of pyridine rings is 1. The zero-order valence-corrected chi connectivity index (χ0v) is 17.1. The third-order valence-electron chi connectivity index (χ3n) is 4.83. The number of nitrogens with zero attached hydrogens (tertiary/aromatic N) is 4. The van der Waals surface area contributed by atoms with Crippen molar-refractivity contribution in [2.24, 2.45) is 0 Å². The van der Waals surface area contributed by atoms with Crippen molar-refractivity contribution in [2.75, 3.05) is 18.5 Å². The first-order chi connectivity index (χ1) is 15.9. The van der Waals surface area contributed by atoms with Gasteiger partial charge in [0.25, 0.3) is 0 Å². The Hall–Kier alpha value is -3.75. The summed E-state index contributed by atoms with van der Waals surface area (Å²) in [6.07, 6.45) is -4.41. The number of ether oxygens (including phenoxy) is 2. The first-order valence-electron chi connectivity index (χ1n) is 9.89. The highest BCUT2D eigenvalue weighted by molar-refractivity contribution is 5.61. The highest BCUT2D eigenvalue weighted by atomic mass is 19.4. The molecule has 1 aliphatic heterocycles. The minimum atomic E-state index is -4.64. The van der Waals surface area contributed by atoms with Crippen molar-refractivity contribution in [3.05, 3.63) is 65.0 Å². The molecule has 1 fully saturated rings. The van der Waals surface area contributed by atoms with Gasteiger partial charge < -0.3 is 19.9 Å². The van der Waals surface area contributed by atoms with Gasteiger partial charge in [-0.1, -0.05) is 24.3 Å². The van der Waals surface area contributed by atoms with Gasteiger partial charge in [0.05, 0.1) is 25.5 Å². The standard InChI is InChI=1S/C22H18F3N5O3/c23-22(24,25)18-9-28-21(30-20(18)33-17-11-32-12-17)27-8-13-1-3-15(4-2-13)19-6-14(10-31)5-16(7-26)29-19/h1-6,9,17,31H,8,10-12H2,(H,27,28,30). The fraction of sp³-hybridized carbons (Fsp3) is 0.273. The number of aliphatic hydroxyl groups excluding tert-OH is 1. The molecule has 0 bridgehead atoms. The smallest absolute Gasteiger partial charge is 0.423 e. The lowest BCUT2D eigenvalue weighted by Crippen LogP contribution is -2.39. The molecule has 3 heterocycles. The Kier molecular flexibility index (Phi) is 6.39. The van der Waals surface area contributed by atoms with E-state index in [1.54, 1.807) is 30.3 Å². The average molecular weight is 457 g/mol. The van der Waals surface area contributed by atoms with Gasteiger partial charge in [-0.2, -0.15) is 23.4 Å². The molecular formula is C22H18F3N5O3. The van der Waals surface area contributed by atoms with Gasteiger partial charge in [-0.25, -0.2) is 9.97 Å². The van der Waals surface area contributed by atoms with E-state index >= 15 is 0 Å². The number of nitrogens with one attached hydrogen (secondary N) is 1. The molecule has 1 aromatic carbocycles. The lowest BCUT2D eigenvalue weighted by molar-refractivity contribution is -0.142. The third-order valence-corrected chi connectivity index (χ3v) is 4.83. The Morgan fingerprint density at radius 3 is 2.52 bits per heavy atom. The number of aliphatic hydroxyl groups is 1. The summed E-state index contributed by atoms with van der Waals surface area (Å²) in [4.78, 5) is 11.9. The highest BCUT2D eigenvalue weighted by Gasteiger charge is 2.37. The molecule has 3 aromatic rings. The van der Waals surface area contributed by atoms with Gasteiger partial charge >= 0.3 is 6.18 Å². The van der Waals surface area contributed by atoms with Crippen molar-refractivity contribution >= 4 is 5.95 Å². The van der Waals surface area contributed by atoms with Crippen molar-refractivity contribution in [1.29, 1.82) is 5.26 Å². The van der Waals surface area contributed by atoms with Crippen LogP contribution in [0, 0.1) is 11.3 Å². The minimum absolute atomic E-state index is 0.00158. The normalized spacial score (nSPS) is 13.8. The summed E-state index contributed by atoms with van der Waals surface area (Å²) in [7, 11) is 0. The van der Waals surface area contributed by atoms with Gasteiger partial charge in [-0.05, 0) is 23.3 Å². The molecule has 0 radical (unpaired) electrons. The van der Waals surface area contributed by atoms with E-state index in [1.165, 1.54) is 6.07 Å². The molecule has 0 atom stereocenters. The van der Waals surface area contributed by atoms with E-state index in [4.69, 9.17) is 14.7 Å². The average Bonchev–Trinajstić information content (AvgIpc) is 2.79. The molecule has 170 valence electrons. The molecule has 2 aromatic heterocycles. The van der Waals surface area contributed by atoms with Crippen molar-refractivity contribution < 1.29 is 27.8 Å². The predicted octanol–water partition coefficient (Wildman–Crippen LogP) is 3.31. The summed E-state index contributed by atoms with van der Waals surface area (Å²) < 4.78 is 49.9. The number of rotatable bonds is 7. The molecule has 1 aliphatic rings. The highest BCUT2D eigenvalue weighted by Crippen LogP contribution is 2.36. The van der Waals surface area contributed by atoms with Crippen LogP contribution >= 0.6 is 0 Å². The number of nitriles is 1. The maximum absolute atomic E-state index is 13.2. The summed E-state index contributed by atoms with van der Waals surface area (Å²) in [5, 5.41) is 21.4. The first kappa shape index (κ1) is 22.4. The number of anilines is 1. The molecule has 0 unspecified atom stereocenters. The molecular weight excluding hydrogens is 439 g/mol. The monoisotopic (exact) mass is 457 g/mol. The fourth-order valence-electron chi connectivity index (χ4n) is 3.03. The van der Waals surface area contributed by atoms with Crippen LogP contribution in [0.25, 0.3) is 11.3 Å². The summed E-state index contributed by atoms with van der Waals surface area (Å²) in [6, 6.07) is 12.4. The van der Waals surface area contributed by atoms with E-state index in [2.05, 4.69) is 20.3 Å². The van der Waals surface area contributed by atoms with Crippen LogP contribution < -0.4 is 10.1 Å². The largest absolute Gasteiger partial charge is 0.469 e. The SMILES string of the molecule is N#Cc1cc(CO)cc(-c2ccc(CNc3ncc(C(F)(F)F)c(OC4COC4)n3)cc2)n1. The molecule has 11 heteroatoms. The van der Waals surface area contributed by atoms with Crippen LogP contribution in [0.3, 0.4) is 0 Å². The van der Waals surface area contributed by atoms with E-state index in [0.29, 0.717) is 17.5 Å². The maximum Gasteiger partial charge on any atom is 0.423 e. The van der Waals surface area contributed by atoms with Crippen LogP contribution in [0.15, 0.2) is 42.6 Å². The van der Waals surface area contributed by atoms with E-state index in [9.17, 15) is 18.3 Å². The molecule has 0 spiro atoms. The Bertz CT molecular complexity index is 1180. The van der Waals surface area contributed by atoms with Crippen molar-refractivity contribution in [1.82, 2.24) is 15.0 Å². The minimum Gasteiger partial charge on any atom is -0.469 e. The summed E-state index contributed by atoms with van der Waals surface area (Å²) in [5.41, 5.74) is 1.84. The summed E-state index contributed by atoms with van der Waals surface area (Å²) in [6.45, 7) is 0.467. The van der Waals surface area contributed by atoms with Crippen LogP contribution in [0.1, 0.15) is 22.4 Å². The van der Waals surface area contributed by atoms with Gasteiger partial charge in [-0.15, -0.1) is 0 Å². The maximum atomic E-state index is 13.2. The Morgan fingerprint density at radius 1 is 1.15 bits per heavy atom. The van der Waals surface area contributed by atoms with Crippen molar-refractivity contribution in [3.63, 3.8) is 0 Å². The second-order valence-corrected chi connectivity index (χ2v) is 7.25. The van der Waals surface area contributed by atoms with Crippen LogP contribution in [0.2, 0.25) is 0 Å². The number of alkyl halides is 3. The van der Waals surface area contributed by atoms with Gasteiger partial charge in [0.15, 0.2) is 0 Å².